The summed E-state index contributed by atoms with van der Waals surface area (Å²) in [5, 5.41) is 17.5. The normalized spacial score (nSPS) is 33.7. The van der Waals surface area contributed by atoms with Crippen molar-refractivity contribution >= 4 is 11.8 Å². The summed E-state index contributed by atoms with van der Waals surface area (Å²) in [6.07, 6.45) is 3.25. The first-order chi connectivity index (χ1) is 14.7. The van der Waals surface area contributed by atoms with Crippen LogP contribution in [0.2, 0.25) is 0 Å². The number of carbonyl (C=O) groups excluding carboxylic acids is 2. The van der Waals surface area contributed by atoms with Crippen molar-refractivity contribution in [3.8, 4) is 5.75 Å². The number of hydrogen-bond acceptors (Lipinski definition) is 4. The maximum Gasteiger partial charge on any atom is 0.223 e. The number of benzene rings is 1. The summed E-state index contributed by atoms with van der Waals surface area (Å²) in [5.41, 5.74) is 1.07. The van der Waals surface area contributed by atoms with Crippen LogP contribution in [0.3, 0.4) is 0 Å². The maximum atomic E-state index is 12.9. The molecule has 6 nitrogen and oxygen atoms in total. The predicted octanol–water partition coefficient (Wildman–Crippen LogP) is 3.28. The van der Waals surface area contributed by atoms with Crippen LogP contribution < -0.4 is 15.4 Å². The van der Waals surface area contributed by atoms with Crippen molar-refractivity contribution in [2.45, 2.75) is 72.1 Å². The molecule has 2 aliphatic carbocycles. The Morgan fingerprint density at radius 2 is 1.87 bits per heavy atom. The van der Waals surface area contributed by atoms with E-state index in [1.807, 2.05) is 31.2 Å². The average molecular weight is 431 g/mol. The fraction of sp³-hybridized carbons (Fsp3) is 0.680. The second kappa shape index (κ2) is 9.60. The lowest BCUT2D eigenvalue weighted by molar-refractivity contribution is -0.143. The summed E-state index contributed by atoms with van der Waals surface area (Å²) in [6, 6.07) is 7.73. The third kappa shape index (κ3) is 5.05. The quantitative estimate of drug-likeness (QED) is 0.646. The van der Waals surface area contributed by atoms with Crippen molar-refractivity contribution in [3.63, 3.8) is 0 Å². The minimum atomic E-state index is -0.549. The zero-order chi connectivity index (χ0) is 22.8. The lowest BCUT2D eigenvalue weighted by atomic mass is 9.51. The molecule has 2 amide bonds. The molecular formula is C25H38N2O4. The second-order valence-corrected chi connectivity index (χ2v) is 9.93. The highest BCUT2D eigenvalue weighted by molar-refractivity contribution is 5.78. The number of aliphatic hydroxyl groups is 1. The molecule has 2 aliphatic rings. The molecule has 31 heavy (non-hydrogen) atoms. The second-order valence-electron chi connectivity index (χ2n) is 9.93. The lowest BCUT2D eigenvalue weighted by Gasteiger charge is -2.56. The number of methoxy groups -OCH3 is 1. The van der Waals surface area contributed by atoms with Crippen LogP contribution in [0.25, 0.3) is 0 Å². The Labute approximate surface area is 186 Å². The number of ether oxygens (including phenoxy) is 1. The largest absolute Gasteiger partial charge is 0.497 e. The Bertz CT molecular complexity index is 780. The van der Waals surface area contributed by atoms with E-state index in [0.29, 0.717) is 6.54 Å². The highest BCUT2D eigenvalue weighted by atomic mass is 16.5. The number of aliphatic hydroxyl groups excluding tert-OH is 1. The van der Waals surface area contributed by atoms with Crippen molar-refractivity contribution in [1.29, 1.82) is 0 Å². The zero-order valence-corrected chi connectivity index (χ0v) is 19.5. The van der Waals surface area contributed by atoms with Crippen LogP contribution in [0, 0.1) is 29.1 Å². The van der Waals surface area contributed by atoms with E-state index in [0.717, 1.165) is 37.0 Å². The van der Waals surface area contributed by atoms with E-state index in [1.165, 1.54) is 0 Å². The summed E-state index contributed by atoms with van der Waals surface area (Å²) >= 11 is 0. The molecule has 0 saturated heterocycles. The average Bonchev–Trinajstić information content (AvgIpc) is 2.74. The first-order valence-electron chi connectivity index (χ1n) is 11.5. The summed E-state index contributed by atoms with van der Waals surface area (Å²) < 4.78 is 5.17. The van der Waals surface area contributed by atoms with Crippen molar-refractivity contribution in [2.75, 3.05) is 7.11 Å². The molecule has 0 bridgehead atoms. The Balaban J connectivity index is 1.65. The Morgan fingerprint density at radius 3 is 2.48 bits per heavy atom. The smallest absolute Gasteiger partial charge is 0.223 e. The van der Waals surface area contributed by atoms with Crippen molar-refractivity contribution < 1.29 is 19.4 Å². The summed E-state index contributed by atoms with van der Waals surface area (Å²) in [6.45, 7) is 8.35. The van der Waals surface area contributed by atoms with Gasteiger partial charge in [-0.05, 0) is 66.5 Å². The highest BCUT2D eigenvalue weighted by Gasteiger charge is 2.53. The van der Waals surface area contributed by atoms with E-state index in [4.69, 9.17) is 4.74 Å². The van der Waals surface area contributed by atoms with Gasteiger partial charge in [-0.2, -0.15) is 0 Å². The molecule has 0 aromatic heterocycles. The van der Waals surface area contributed by atoms with Gasteiger partial charge in [0.25, 0.3) is 0 Å². The monoisotopic (exact) mass is 430 g/mol. The van der Waals surface area contributed by atoms with E-state index in [2.05, 4.69) is 24.5 Å². The van der Waals surface area contributed by atoms with E-state index in [-0.39, 0.29) is 46.9 Å². The molecule has 3 N–H and O–H groups in total. The van der Waals surface area contributed by atoms with E-state index in [9.17, 15) is 14.7 Å². The maximum absolute atomic E-state index is 12.9. The van der Waals surface area contributed by atoms with Gasteiger partial charge >= 0.3 is 0 Å². The van der Waals surface area contributed by atoms with Gasteiger partial charge in [-0.15, -0.1) is 0 Å². The molecule has 1 aromatic carbocycles. The van der Waals surface area contributed by atoms with Crippen LogP contribution in [0.4, 0.5) is 0 Å². The first kappa shape index (κ1) is 23.6. The molecule has 7 atom stereocenters. The molecule has 0 radical (unpaired) electrons. The fourth-order valence-corrected chi connectivity index (χ4v) is 6.05. The number of nitrogens with one attached hydrogen (secondary N) is 2. The molecular weight excluding hydrogens is 392 g/mol. The molecule has 0 unspecified atom stereocenters. The first-order valence-corrected chi connectivity index (χ1v) is 11.5. The molecule has 3 rings (SSSR count). The van der Waals surface area contributed by atoms with Gasteiger partial charge in [0.2, 0.25) is 11.8 Å². The van der Waals surface area contributed by atoms with Crippen LogP contribution in [-0.4, -0.2) is 36.2 Å². The van der Waals surface area contributed by atoms with Gasteiger partial charge in [0, 0.05) is 25.4 Å². The van der Waals surface area contributed by atoms with Gasteiger partial charge in [0.05, 0.1) is 13.2 Å². The summed E-state index contributed by atoms with van der Waals surface area (Å²) in [7, 11) is 1.63. The third-order valence-corrected chi connectivity index (χ3v) is 7.96. The minimum Gasteiger partial charge on any atom is -0.497 e. The molecule has 0 aliphatic heterocycles. The molecule has 1 aromatic rings. The van der Waals surface area contributed by atoms with Gasteiger partial charge in [-0.3, -0.25) is 9.59 Å². The number of rotatable bonds is 6. The number of carbonyl (C=O) groups is 2. The third-order valence-electron chi connectivity index (χ3n) is 7.96. The molecule has 2 saturated carbocycles. The lowest BCUT2D eigenvalue weighted by Crippen LogP contribution is -2.58. The number of hydrogen-bond donors (Lipinski definition) is 3. The van der Waals surface area contributed by atoms with Crippen molar-refractivity contribution in [3.05, 3.63) is 29.8 Å². The number of amides is 2. The van der Waals surface area contributed by atoms with Crippen LogP contribution in [-0.2, 0) is 16.1 Å². The van der Waals surface area contributed by atoms with Gasteiger partial charge in [0.15, 0.2) is 0 Å². The Morgan fingerprint density at radius 1 is 1.23 bits per heavy atom. The van der Waals surface area contributed by atoms with Crippen LogP contribution >= 0.6 is 0 Å². The van der Waals surface area contributed by atoms with Gasteiger partial charge in [-0.1, -0.05) is 32.9 Å². The topological polar surface area (TPSA) is 87.7 Å². The summed E-state index contributed by atoms with van der Waals surface area (Å²) in [4.78, 5) is 24.5. The minimum absolute atomic E-state index is 0.0198. The Hall–Kier alpha value is -2.08. The van der Waals surface area contributed by atoms with E-state index in [1.54, 1.807) is 14.0 Å². The fourth-order valence-electron chi connectivity index (χ4n) is 6.05. The molecule has 2 fully saturated rings. The SMILES string of the molecule is COc1ccc(CNC(=O)[C@@H](C)[C@@H]2CC[C@@]3(C)CC[C@H](NC(C)=O)[C@@H](C)[C@@H]3[C@H]2O)cc1. The molecule has 172 valence electrons. The zero-order valence-electron chi connectivity index (χ0n) is 19.5. The van der Waals surface area contributed by atoms with Gasteiger partial charge in [-0.25, -0.2) is 0 Å². The standard InChI is InChI=1S/C25H38N2O4/c1-15(24(30)26-14-18-6-8-19(31-5)9-7-18)20-10-12-25(4)13-11-21(27-17(3)28)16(2)22(25)23(20)29/h6-9,15-16,20-23,29H,10-14H2,1-5H3,(H,26,30)(H,27,28)/t15-,16+,20-,21-,22+,23-,25-/m0/s1. The van der Waals surface area contributed by atoms with Gasteiger partial charge < -0.3 is 20.5 Å². The summed E-state index contributed by atoms with van der Waals surface area (Å²) in [5.74, 6) is 0.650. The van der Waals surface area contributed by atoms with E-state index < -0.39 is 6.10 Å². The number of fused-ring (bicyclic) bond motifs is 1. The highest BCUT2D eigenvalue weighted by Crippen LogP contribution is 2.55. The van der Waals surface area contributed by atoms with Crippen LogP contribution in [0.1, 0.15) is 58.9 Å². The predicted molar refractivity (Wildman–Crippen MR) is 120 cm³/mol. The van der Waals surface area contributed by atoms with Crippen molar-refractivity contribution in [1.82, 2.24) is 10.6 Å². The van der Waals surface area contributed by atoms with Crippen molar-refractivity contribution in [2.24, 2.45) is 29.1 Å². The molecule has 0 spiro atoms. The van der Waals surface area contributed by atoms with Gasteiger partial charge in [0.1, 0.15) is 5.75 Å². The molecule has 0 heterocycles. The molecule has 6 heteroatoms. The van der Waals surface area contributed by atoms with Crippen LogP contribution in [0.15, 0.2) is 24.3 Å². The van der Waals surface area contributed by atoms with E-state index >= 15 is 0 Å². The van der Waals surface area contributed by atoms with Crippen LogP contribution in [0.5, 0.6) is 5.75 Å². The Kier molecular flexibility index (Phi) is 7.30.